The van der Waals surface area contributed by atoms with E-state index >= 15 is 0 Å². The van der Waals surface area contributed by atoms with Gasteiger partial charge < -0.3 is 18.9 Å². The Balaban J connectivity index is 2.42. The van der Waals surface area contributed by atoms with Crippen molar-refractivity contribution in [2.24, 2.45) is 0 Å². The molecule has 5 nitrogen and oxygen atoms in total. The fourth-order valence-electron chi connectivity index (χ4n) is 3.56. The molecule has 0 radical (unpaired) electrons. The van der Waals surface area contributed by atoms with Gasteiger partial charge in [0.25, 0.3) is 0 Å². The molecule has 0 amide bonds. The summed E-state index contributed by atoms with van der Waals surface area (Å²) in [5.41, 5.74) is 0.520. The van der Waals surface area contributed by atoms with Crippen molar-refractivity contribution in [3.63, 3.8) is 0 Å². The number of benzene rings is 2. The van der Waals surface area contributed by atoms with Crippen molar-refractivity contribution in [2.75, 3.05) is 28.4 Å². The third-order valence-corrected chi connectivity index (χ3v) is 5.04. The Labute approximate surface area is 167 Å². The molecule has 0 bridgehead atoms. The van der Waals surface area contributed by atoms with Gasteiger partial charge in [0.15, 0.2) is 5.78 Å². The van der Waals surface area contributed by atoms with Crippen molar-refractivity contribution in [3.05, 3.63) is 23.8 Å². The van der Waals surface area contributed by atoms with Gasteiger partial charge in [0.2, 0.25) is 0 Å². The number of rotatable bonds is 12. The van der Waals surface area contributed by atoms with Gasteiger partial charge in [-0.3, -0.25) is 4.79 Å². The molecular weight excluding hydrogens is 356 g/mol. The van der Waals surface area contributed by atoms with Crippen LogP contribution in [-0.2, 0) is 0 Å². The first kappa shape index (κ1) is 21.9. The average molecular weight is 389 g/mol. The van der Waals surface area contributed by atoms with Crippen molar-refractivity contribution in [1.82, 2.24) is 0 Å². The summed E-state index contributed by atoms with van der Waals surface area (Å²) >= 11 is 0. The molecule has 154 valence electrons. The molecule has 0 aliphatic heterocycles. The number of hydrogen-bond acceptors (Lipinski definition) is 5. The summed E-state index contributed by atoms with van der Waals surface area (Å²) in [6.45, 7) is 2.20. The molecule has 5 heteroatoms. The van der Waals surface area contributed by atoms with E-state index in [0.29, 0.717) is 40.4 Å². The highest BCUT2D eigenvalue weighted by atomic mass is 16.5. The number of carbonyl (C=O) groups is 1. The van der Waals surface area contributed by atoms with Crippen molar-refractivity contribution in [3.8, 4) is 23.0 Å². The number of fused-ring (bicyclic) bond motifs is 1. The van der Waals surface area contributed by atoms with Crippen LogP contribution in [0.25, 0.3) is 10.8 Å². The first-order valence-corrected chi connectivity index (χ1v) is 9.95. The van der Waals surface area contributed by atoms with E-state index in [1.54, 1.807) is 34.5 Å². The minimum absolute atomic E-state index is 0.0532. The molecule has 28 heavy (non-hydrogen) atoms. The first-order valence-electron chi connectivity index (χ1n) is 9.95. The number of unbranched alkanes of at least 4 members (excludes halogenated alkanes) is 5. The van der Waals surface area contributed by atoms with E-state index in [1.807, 2.05) is 12.1 Å². The van der Waals surface area contributed by atoms with Gasteiger partial charge in [0.1, 0.15) is 23.0 Å². The molecule has 2 aromatic rings. The lowest BCUT2D eigenvalue weighted by Gasteiger charge is -2.18. The van der Waals surface area contributed by atoms with Crippen LogP contribution in [0, 0.1) is 0 Å². The zero-order valence-electron chi connectivity index (χ0n) is 17.7. The van der Waals surface area contributed by atoms with Gasteiger partial charge in [0, 0.05) is 6.42 Å². The minimum atomic E-state index is 0.0532. The molecule has 0 saturated carbocycles. The smallest absolute Gasteiger partial charge is 0.166 e. The Hall–Kier alpha value is -2.43. The van der Waals surface area contributed by atoms with Crippen molar-refractivity contribution in [1.29, 1.82) is 0 Å². The summed E-state index contributed by atoms with van der Waals surface area (Å²) in [5, 5.41) is 1.42. The molecule has 0 fully saturated rings. The maximum Gasteiger partial charge on any atom is 0.166 e. The van der Waals surface area contributed by atoms with Gasteiger partial charge in [-0.25, -0.2) is 0 Å². The van der Waals surface area contributed by atoms with Gasteiger partial charge >= 0.3 is 0 Å². The highest BCUT2D eigenvalue weighted by Gasteiger charge is 2.23. The Morgan fingerprint density at radius 2 is 1.32 bits per heavy atom. The van der Waals surface area contributed by atoms with Crippen LogP contribution in [0.15, 0.2) is 18.2 Å². The van der Waals surface area contributed by atoms with Crippen LogP contribution in [0.5, 0.6) is 23.0 Å². The molecule has 0 heterocycles. The summed E-state index contributed by atoms with van der Waals surface area (Å²) in [4.78, 5) is 13.0. The number of Topliss-reactive ketones (excluding diaryl/α,β-unsaturated/α-hetero) is 1. The summed E-state index contributed by atoms with van der Waals surface area (Å²) in [6, 6.07) is 5.38. The first-order chi connectivity index (χ1) is 13.6. The molecule has 0 aliphatic carbocycles. The van der Waals surface area contributed by atoms with Crippen molar-refractivity contribution in [2.45, 2.75) is 51.9 Å². The molecule has 0 spiro atoms. The molecule has 0 N–H and O–H groups in total. The van der Waals surface area contributed by atoms with E-state index in [4.69, 9.17) is 18.9 Å². The Morgan fingerprint density at radius 3 is 1.89 bits per heavy atom. The quantitative estimate of drug-likeness (QED) is 0.339. The van der Waals surface area contributed by atoms with Crippen LogP contribution < -0.4 is 18.9 Å². The summed E-state index contributed by atoms with van der Waals surface area (Å²) < 4.78 is 22.3. The Kier molecular flexibility index (Phi) is 8.42. The van der Waals surface area contributed by atoms with E-state index in [2.05, 4.69) is 6.92 Å². The maximum atomic E-state index is 13.0. The van der Waals surface area contributed by atoms with E-state index in [0.717, 1.165) is 18.2 Å². The average Bonchev–Trinajstić information content (AvgIpc) is 2.73. The maximum absolute atomic E-state index is 13.0. The van der Waals surface area contributed by atoms with E-state index in [-0.39, 0.29) is 5.78 Å². The van der Waals surface area contributed by atoms with Crippen LogP contribution in [0.4, 0.5) is 0 Å². The predicted octanol–water partition coefficient (Wildman–Crippen LogP) is 5.81. The van der Waals surface area contributed by atoms with E-state index < -0.39 is 0 Å². The molecule has 0 saturated heterocycles. The van der Waals surface area contributed by atoms with Crippen LogP contribution in [0.1, 0.15) is 62.2 Å². The Bertz CT molecular complexity index is 797. The zero-order valence-corrected chi connectivity index (χ0v) is 17.7. The van der Waals surface area contributed by atoms with Gasteiger partial charge in [-0.15, -0.1) is 0 Å². The predicted molar refractivity (Wildman–Crippen MR) is 112 cm³/mol. The largest absolute Gasteiger partial charge is 0.496 e. The van der Waals surface area contributed by atoms with Crippen LogP contribution in [-0.4, -0.2) is 34.2 Å². The fourth-order valence-corrected chi connectivity index (χ4v) is 3.56. The van der Waals surface area contributed by atoms with Gasteiger partial charge in [-0.1, -0.05) is 39.0 Å². The lowest BCUT2D eigenvalue weighted by Crippen LogP contribution is -2.05. The van der Waals surface area contributed by atoms with Crippen molar-refractivity contribution >= 4 is 16.6 Å². The van der Waals surface area contributed by atoms with E-state index in [1.165, 1.54) is 25.7 Å². The number of hydrogen-bond donors (Lipinski definition) is 0. The van der Waals surface area contributed by atoms with E-state index in [9.17, 15) is 4.79 Å². The third kappa shape index (κ3) is 4.70. The minimum Gasteiger partial charge on any atom is -0.496 e. The van der Waals surface area contributed by atoms with Crippen molar-refractivity contribution < 1.29 is 23.7 Å². The SMILES string of the molecule is CCCCCCCCC(=O)c1cc(OC)c2c(OC)ccc(OC)c2c1OC. The second-order valence-corrected chi connectivity index (χ2v) is 6.82. The topological polar surface area (TPSA) is 54.0 Å². The summed E-state index contributed by atoms with van der Waals surface area (Å²) in [5.74, 6) is 2.37. The second-order valence-electron chi connectivity index (χ2n) is 6.82. The molecule has 0 aromatic heterocycles. The van der Waals surface area contributed by atoms with Gasteiger partial charge in [-0.2, -0.15) is 0 Å². The number of carbonyl (C=O) groups excluding carboxylic acids is 1. The van der Waals surface area contributed by atoms with Gasteiger partial charge in [0.05, 0.1) is 44.8 Å². The number of ether oxygens (including phenoxy) is 4. The lowest BCUT2D eigenvalue weighted by atomic mass is 9.97. The molecule has 2 aromatic carbocycles. The number of methoxy groups -OCH3 is 4. The fraction of sp³-hybridized carbons (Fsp3) is 0.522. The summed E-state index contributed by atoms with van der Waals surface area (Å²) in [7, 11) is 6.35. The molecule has 0 atom stereocenters. The number of ketones is 1. The zero-order chi connectivity index (χ0) is 20.5. The lowest BCUT2D eigenvalue weighted by molar-refractivity contribution is 0.0976. The molecule has 0 unspecified atom stereocenters. The normalized spacial score (nSPS) is 10.8. The monoisotopic (exact) mass is 388 g/mol. The highest BCUT2D eigenvalue weighted by Crippen LogP contribution is 2.46. The van der Waals surface area contributed by atoms with Crippen LogP contribution in [0.3, 0.4) is 0 Å². The van der Waals surface area contributed by atoms with Crippen LogP contribution >= 0.6 is 0 Å². The summed E-state index contributed by atoms with van der Waals surface area (Å²) in [6.07, 6.45) is 7.31. The highest BCUT2D eigenvalue weighted by molar-refractivity contribution is 6.10. The van der Waals surface area contributed by atoms with Gasteiger partial charge in [-0.05, 0) is 24.6 Å². The second kappa shape index (κ2) is 10.8. The molecular formula is C23H32O5. The molecule has 0 aliphatic rings. The molecule has 2 rings (SSSR count). The standard InChI is InChI=1S/C23H32O5/c1-6-7-8-9-10-11-12-17(24)16-15-20(27-4)21-18(25-2)13-14-19(26-3)22(21)23(16)28-5/h13-15H,6-12H2,1-5H3. The Morgan fingerprint density at radius 1 is 0.750 bits per heavy atom. The van der Waals surface area contributed by atoms with Crippen LogP contribution in [0.2, 0.25) is 0 Å². The third-order valence-electron chi connectivity index (χ3n) is 5.04.